The molecule has 0 aromatic carbocycles. The zero-order valence-electron chi connectivity index (χ0n) is 70.1. The van der Waals surface area contributed by atoms with Crippen LogP contribution in [0.5, 0.6) is 0 Å². The lowest BCUT2D eigenvalue weighted by atomic mass is 9.97. The van der Waals surface area contributed by atoms with E-state index in [4.69, 9.17) is 201 Å². The van der Waals surface area contributed by atoms with Gasteiger partial charge in [0.2, 0.25) is 17.8 Å². The number of terminal acetylenes is 2. The molecule has 10 aliphatic rings. The molecule has 10 aliphatic heterocycles. The van der Waals surface area contributed by atoms with E-state index >= 15 is 8.78 Å². The summed E-state index contributed by atoms with van der Waals surface area (Å²) in [4.78, 5) is 161. The van der Waals surface area contributed by atoms with Crippen LogP contribution in [0.4, 0.5) is 43.7 Å². The normalized spacial score (nSPS) is 38.5. The molecule has 746 valence electrons. The highest BCUT2D eigenvalue weighted by Crippen LogP contribution is 2.63. The molecular weight excluding hydrogens is 2120 g/mol. The second-order valence-corrected chi connectivity index (χ2v) is 50.4. The maximum atomic E-state index is 16.0. The molecule has 12 aromatic heterocycles. The second kappa shape index (κ2) is 36.8. The molecule has 8 bridgehead atoms. The first-order chi connectivity index (χ1) is 66.3. The number of rotatable bonds is 6. The summed E-state index contributed by atoms with van der Waals surface area (Å²) in [5.41, 5.74) is 30.2. The minimum atomic E-state index is -4.45. The molecule has 0 aliphatic carbocycles. The van der Waals surface area contributed by atoms with E-state index in [2.05, 4.69) is 86.6 Å². The van der Waals surface area contributed by atoms with Crippen molar-refractivity contribution in [2.45, 2.75) is 144 Å². The fraction of sp³-hybridized carbons (Fsp3) is 0.456. The molecule has 30 atom stereocenters. The van der Waals surface area contributed by atoms with Gasteiger partial charge in [-0.25, -0.2) is 53.6 Å². The van der Waals surface area contributed by atoms with Crippen molar-refractivity contribution in [3.05, 3.63) is 106 Å². The summed E-state index contributed by atoms with van der Waals surface area (Å²) in [5, 5.41) is 32.6. The Hall–Kier alpha value is -8.14. The van der Waals surface area contributed by atoms with Gasteiger partial charge in [-0.05, 0) is 89.0 Å². The van der Waals surface area contributed by atoms with Crippen LogP contribution in [0.2, 0.25) is 0 Å². The lowest BCUT2D eigenvalue weighted by molar-refractivity contribution is -0.183. The van der Waals surface area contributed by atoms with Crippen molar-refractivity contribution in [1.82, 2.24) is 102 Å². The summed E-state index contributed by atoms with van der Waals surface area (Å²) < 4.78 is 145. The summed E-state index contributed by atoms with van der Waals surface area (Å²) in [6.07, 6.45) is -4.49. The van der Waals surface area contributed by atoms with E-state index in [0.29, 0.717) is 39.3 Å². The number of nitrogens with zero attached hydrogens (tertiary/aromatic N) is 18. The molecule has 24 N–H and O–H groups in total. The monoisotopic (exact) mass is 2200 g/mol. The Labute approximate surface area is 813 Å². The highest BCUT2D eigenvalue weighted by Gasteiger charge is 2.67. The molecule has 12 aromatic rings. The van der Waals surface area contributed by atoms with Crippen molar-refractivity contribution >= 4 is 225 Å². The molecule has 0 amide bonds. The molecular formula is C68H73F2N27O30P6S7. The van der Waals surface area contributed by atoms with Crippen LogP contribution >= 0.6 is 52.1 Å². The van der Waals surface area contributed by atoms with E-state index in [-0.39, 0.29) is 75.8 Å². The van der Waals surface area contributed by atoms with Crippen LogP contribution < -0.4 is 51.1 Å². The number of hydrogen-bond acceptors (Lipinski definition) is 49. The molecule has 6 unspecified atom stereocenters. The van der Waals surface area contributed by atoms with E-state index in [1.54, 1.807) is 10.6 Å². The molecule has 72 heteroatoms. The van der Waals surface area contributed by atoms with Gasteiger partial charge in [0.1, 0.15) is 94.7 Å². The number of pyridine rings is 3. The Morgan fingerprint density at radius 1 is 0.407 bits per heavy atom. The number of nitrogens with two attached hydrogens (primary N) is 6. The van der Waals surface area contributed by atoms with Crippen LogP contribution in [-0.2, 0) is 154 Å². The minimum Gasteiger partial charge on any atom is -0.397 e. The first-order valence-electron chi connectivity index (χ1n) is 40.5. The van der Waals surface area contributed by atoms with E-state index in [1.807, 2.05) is 0 Å². The minimum absolute atomic E-state index is 0.00601. The maximum absolute atomic E-state index is 16.0. The smallest absolute Gasteiger partial charge is 0.325 e. The first-order valence-corrected chi connectivity index (χ1v) is 57.0. The van der Waals surface area contributed by atoms with Crippen molar-refractivity contribution < 1.29 is 136 Å². The van der Waals surface area contributed by atoms with Gasteiger partial charge in [0.15, 0.2) is 105 Å². The average molecular weight is 2200 g/mol. The number of nitrogen functional groups attached to an aromatic ring is 6. The fourth-order valence-corrected chi connectivity index (χ4v) is 27.4. The third kappa shape index (κ3) is 18.0. The number of fused-ring (bicyclic) bond motifs is 14. The molecule has 22 heterocycles. The van der Waals surface area contributed by atoms with Crippen LogP contribution in [-0.4, -0.2) is 301 Å². The van der Waals surface area contributed by atoms with Crippen LogP contribution in [0.15, 0.2) is 89.1 Å². The van der Waals surface area contributed by atoms with E-state index in [0.717, 1.165) is 33.6 Å². The van der Waals surface area contributed by atoms with Gasteiger partial charge in [-0.15, -0.1) is 24.6 Å². The number of thioether (sulfide) groups is 1. The molecule has 10 saturated heterocycles. The highest BCUT2D eigenvalue weighted by molar-refractivity contribution is 8.08. The summed E-state index contributed by atoms with van der Waals surface area (Å²) >= 11 is 32.8. The van der Waals surface area contributed by atoms with Gasteiger partial charge in [0.25, 0.3) is 16.7 Å². The van der Waals surface area contributed by atoms with Crippen molar-refractivity contribution in [3.63, 3.8) is 0 Å². The summed E-state index contributed by atoms with van der Waals surface area (Å²) in [7, 11) is 0. The first kappa shape index (κ1) is 99.2. The number of ether oxygens (including phenoxy) is 6. The number of anilines is 6. The molecule has 57 nitrogen and oxygen atoms in total. The van der Waals surface area contributed by atoms with Gasteiger partial charge in [0, 0.05) is 18.6 Å². The summed E-state index contributed by atoms with van der Waals surface area (Å²) in [6.45, 7) is -29.7. The number of halogens is 2. The van der Waals surface area contributed by atoms with Gasteiger partial charge in [-0.1, -0.05) is 11.8 Å². The Kier molecular flexibility index (Phi) is 26.1. The van der Waals surface area contributed by atoms with Gasteiger partial charge in [0.05, 0.1) is 113 Å². The second-order valence-electron chi connectivity index (χ2n) is 32.3. The van der Waals surface area contributed by atoms with Crippen molar-refractivity contribution in [1.29, 1.82) is 0 Å². The maximum Gasteiger partial charge on any atom is 0.325 e. The number of aromatic amines is 3. The van der Waals surface area contributed by atoms with E-state index in [1.165, 1.54) is 69.7 Å². The molecule has 22 rings (SSSR count). The largest absolute Gasteiger partial charge is 0.397 e. The third-order valence-corrected chi connectivity index (χ3v) is 34.4. The Bertz CT molecular complexity index is 7310. The number of aliphatic hydroxyl groups excluding tert-OH is 3. The van der Waals surface area contributed by atoms with E-state index in [9.17, 15) is 59.1 Å². The predicted octanol–water partition coefficient (Wildman–Crippen LogP) is -1.43. The molecule has 0 radical (unpaired) electrons. The van der Waals surface area contributed by atoms with Crippen molar-refractivity contribution in [2.24, 2.45) is 0 Å². The van der Waals surface area contributed by atoms with Crippen molar-refractivity contribution in [2.75, 3.05) is 80.7 Å². The topological polar surface area (TPSA) is 787 Å². The van der Waals surface area contributed by atoms with Crippen LogP contribution in [0.25, 0.3) is 67.0 Å². The molecule has 0 spiro atoms. The van der Waals surface area contributed by atoms with Gasteiger partial charge in [-0.3, -0.25) is 83.9 Å². The van der Waals surface area contributed by atoms with Crippen LogP contribution in [0.1, 0.15) is 36.5 Å². The van der Waals surface area contributed by atoms with Crippen LogP contribution in [0.3, 0.4) is 0 Å². The molecule has 0 saturated carbocycles. The Balaban J connectivity index is 0.000000129. The number of aliphatic hydroxyl groups is 3. The zero-order valence-corrected chi connectivity index (χ0v) is 81.1. The van der Waals surface area contributed by atoms with E-state index < -0.39 is 234 Å². The lowest BCUT2D eigenvalue weighted by Gasteiger charge is -2.33. The molecule has 10 fully saturated rings. The Morgan fingerprint density at radius 2 is 0.750 bits per heavy atom. The SMILES string of the molecule is C#C[C@@]12COP(O)(=S)O[C@@H]3[C@@H](F)[C@@H](COP(O)(=S)O[C@H]1[C@@H](O)[C@H](n1cnc4c(N)ccnc41)O2)O[C@H]3n1cnc2c(=O)[nH]c(N)nc21.C#C[C@@]12COP(O)(=S)O[C@@H]3[C@@H](F)[C@@H](COP(O)(=S)O[C@H]1[C@@H](O)[C@H](n1cnc4c(N)ccnc41)O2)O[C@H]3n1cnc2c(=O)[nH]c(N)nc21.Nc1nc2c(ncn2[C@@H]2S[C@@H]3COP(O)(=S)O[C@H]4[C@H]5OC[C@]4(COP(O)(=S)O[C@@H]2[C@@H]3O)O[C@H]5n2cnc3c(N)ccnc32)c(=O)[nH]1. The fourth-order valence-electron chi connectivity index (χ4n) is 17.2. The van der Waals surface area contributed by atoms with Gasteiger partial charge in [-0.2, -0.15) is 15.0 Å². The number of alkyl halides is 2. The third-order valence-electron chi connectivity index (χ3n) is 23.6. The highest BCUT2D eigenvalue weighted by atomic mass is 32.5. The predicted molar refractivity (Wildman–Crippen MR) is 499 cm³/mol. The standard InChI is InChI=1S/2C23H24FN9O10P2S2.C22H25N9O10P2S3/c2*1-2-23-6-39-45(37,47)42-15-11(24)10(40-21(15)33-8-29-13-18(33)30-22(26)31-19(13)35)5-38-44(36,46)43-16(23)14(34)20(41-23)32-7-28-12-9(25)3-4-27-17(12)32;23-8-1-2-25-16-10(8)26-6-30(16)19-14-15-22(39-19,4-36-14)5-38-43(35,45)40-13-12(32)9(3-37-42(34,44)41-15)46-20(13)31-7-27-11-17(31)28-21(24)29-18(11)33/h2*1,3-4,7-8,10-11,14-16,20-21,34H,5-6H2,(H2,25,27)(H,36,46)(H,37,47)(H3,26,30,31,35);1-2,6-7,9,12-15,19-20,32H,3-5H2,(H2,23,25)(H,34,44)(H,35,45)(H3,24,28,29,33)/t2*10-,11+,14-,15-,16+,20-,21-,23-,44?,45?;9-,12-,13-,14-,15+,19-,20-,22-,42?,43?/m111/s1. The lowest BCUT2D eigenvalue weighted by Crippen LogP contribution is -2.47. The summed E-state index contributed by atoms with van der Waals surface area (Å²) in [6, 6.07) is 4.67. The summed E-state index contributed by atoms with van der Waals surface area (Å²) in [5.74, 6) is 4.01. The van der Waals surface area contributed by atoms with Crippen molar-refractivity contribution in [3.8, 4) is 24.7 Å². The average Bonchev–Trinajstić information content (AvgIpc) is 1.55. The number of H-pyrrole nitrogens is 3. The number of aromatic nitrogens is 21. The number of hydrogen-bond donors (Lipinski definition) is 18. The zero-order chi connectivity index (χ0) is 99.1. The van der Waals surface area contributed by atoms with Gasteiger partial charge < -0.3 is 135 Å². The number of imidazole rings is 6. The quantitative estimate of drug-likeness (QED) is 0.0671. The van der Waals surface area contributed by atoms with Gasteiger partial charge >= 0.3 is 40.3 Å². The Morgan fingerprint density at radius 3 is 1.16 bits per heavy atom. The van der Waals surface area contributed by atoms with Crippen LogP contribution in [0, 0.1) is 24.7 Å². The number of nitrogens with one attached hydrogen (secondary N) is 3. The molecule has 140 heavy (non-hydrogen) atoms.